The first kappa shape index (κ1) is 10.8. The van der Waals surface area contributed by atoms with Crippen LogP contribution in [0.1, 0.15) is 20.8 Å². The van der Waals surface area contributed by atoms with E-state index >= 15 is 0 Å². The highest BCUT2D eigenvalue weighted by atomic mass is 32.2. The normalized spacial score (nSPS) is 13.5. The average molecular weight is 183 g/mol. The number of nitrogens with one attached hydrogen (secondary N) is 1. The van der Waals surface area contributed by atoms with Crippen LogP contribution in [0.2, 0.25) is 0 Å². The van der Waals surface area contributed by atoms with E-state index in [4.69, 9.17) is 4.55 Å². The largest absolute Gasteiger partial charge is 0.291 e. The van der Waals surface area contributed by atoms with Crippen molar-refractivity contribution in [1.29, 1.82) is 0 Å². The van der Waals surface area contributed by atoms with Gasteiger partial charge >= 0.3 is 0 Å². The van der Waals surface area contributed by atoms with Crippen molar-refractivity contribution in [3.05, 3.63) is 0 Å². The van der Waals surface area contributed by atoms with Gasteiger partial charge in [-0.1, -0.05) is 0 Å². The summed E-state index contributed by atoms with van der Waals surface area (Å²) < 4.78 is 28.4. The van der Waals surface area contributed by atoms with E-state index in [1.165, 1.54) is 0 Å². The maximum atomic E-state index is 10.1. The van der Waals surface area contributed by atoms with Crippen molar-refractivity contribution in [2.45, 2.75) is 26.3 Å². The van der Waals surface area contributed by atoms with Gasteiger partial charge in [0, 0.05) is 5.54 Å². The van der Waals surface area contributed by atoms with Gasteiger partial charge in [-0.15, -0.1) is 0 Å². The van der Waals surface area contributed by atoms with Crippen molar-refractivity contribution < 1.29 is 17.8 Å². The second-order valence-electron chi connectivity index (χ2n) is 3.20. The molecule has 0 aromatic heterocycles. The summed E-state index contributed by atoms with van der Waals surface area (Å²) in [5, 5.41) is 0. The van der Waals surface area contributed by atoms with Gasteiger partial charge in [0.05, 0.1) is 0 Å². The molecule has 0 aliphatic heterocycles. The van der Waals surface area contributed by atoms with Gasteiger partial charge in [0.2, 0.25) is 0 Å². The number of rotatable bonds is 3. The molecule has 0 aromatic carbocycles. The molecular weight excluding hydrogens is 170 g/mol. The second-order valence-corrected chi connectivity index (χ2v) is 4.60. The van der Waals surface area contributed by atoms with Gasteiger partial charge in [0.1, 0.15) is 0 Å². The zero-order valence-electron chi connectivity index (χ0n) is 6.79. The fourth-order valence-electron chi connectivity index (χ4n) is 0.320. The molecule has 68 valence electrons. The summed E-state index contributed by atoms with van der Waals surface area (Å²) in [5.41, 5.74) is 2.11. The van der Waals surface area contributed by atoms with E-state index in [0.29, 0.717) is 0 Å². The summed E-state index contributed by atoms with van der Waals surface area (Å²) in [4.78, 5) is 4.47. The Hall–Kier alpha value is -0.170. The van der Waals surface area contributed by atoms with Gasteiger partial charge in [0.15, 0.2) is 5.94 Å². The Bertz CT molecular complexity index is 203. The lowest BCUT2D eigenvalue weighted by atomic mass is 10.1. The molecule has 0 saturated heterocycles. The third-order valence-corrected chi connectivity index (χ3v) is 1.00. The Labute approximate surface area is 66.4 Å². The highest BCUT2D eigenvalue weighted by Gasteiger charge is 2.11. The third-order valence-electron chi connectivity index (χ3n) is 0.586. The second kappa shape index (κ2) is 3.48. The number of hydroxylamine groups is 1. The molecule has 0 amide bonds. The van der Waals surface area contributed by atoms with Crippen molar-refractivity contribution in [3.8, 4) is 0 Å². The van der Waals surface area contributed by atoms with Crippen LogP contribution in [0.15, 0.2) is 0 Å². The van der Waals surface area contributed by atoms with E-state index in [9.17, 15) is 8.42 Å². The molecule has 0 heterocycles. The van der Waals surface area contributed by atoms with Crippen molar-refractivity contribution in [2.24, 2.45) is 0 Å². The first-order valence-electron chi connectivity index (χ1n) is 3.05. The lowest BCUT2D eigenvalue weighted by Gasteiger charge is -2.18. The monoisotopic (exact) mass is 183 g/mol. The fourth-order valence-corrected chi connectivity index (χ4v) is 0.528. The minimum absolute atomic E-state index is 0.329. The summed E-state index contributed by atoms with van der Waals surface area (Å²) in [6.45, 7) is 5.41. The first-order valence-corrected chi connectivity index (χ1v) is 4.66. The van der Waals surface area contributed by atoms with Crippen molar-refractivity contribution >= 4 is 10.1 Å². The van der Waals surface area contributed by atoms with Gasteiger partial charge in [-0.2, -0.15) is 13.9 Å². The molecule has 0 radical (unpaired) electrons. The van der Waals surface area contributed by atoms with Crippen LogP contribution in [0.3, 0.4) is 0 Å². The van der Waals surface area contributed by atoms with E-state index in [1.807, 2.05) is 0 Å². The minimum Gasteiger partial charge on any atom is -0.284 e. The minimum atomic E-state index is -4.03. The zero-order valence-corrected chi connectivity index (χ0v) is 7.60. The summed E-state index contributed by atoms with van der Waals surface area (Å²) in [5.74, 6) is -0.732. The van der Waals surface area contributed by atoms with Crippen LogP contribution in [0.4, 0.5) is 0 Å². The SMILES string of the molecule is CC(C)(C)NOCS(=O)(=O)O. The Kier molecular flexibility index (Phi) is 3.43. The molecule has 2 N–H and O–H groups in total. The van der Waals surface area contributed by atoms with E-state index < -0.39 is 16.1 Å². The molecule has 0 aromatic rings. The van der Waals surface area contributed by atoms with Gasteiger partial charge in [-0.25, -0.2) is 0 Å². The average Bonchev–Trinajstić information content (AvgIpc) is 1.55. The summed E-state index contributed by atoms with van der Waals surface area (Å²) in [7, 11) is -4.03. The molecule has 0 unspecified atom stereocenters. The molecule has 0 rings (SSSR count). The molecule has 6 heteroatoms. The van der Waals surface area contributed by atoms with Crippen LogP contribution in [-0.2, 0) is 15.0 Å². The molecule has 0 atom stereocenters. The molecule has 0 aliphatic carbocycles. The van der Waals surface area contributed by atoms with E-state index in [1.54, 1.807) is 20.8 Å². The van der Waals surface area contributed by atoms with E-state index in [0.717, 1.165) is 0 Å². The standard InChI is InChI=1S/C5H13NO4S/c1-5(2,3)6-10-4-11(7,8)9/h6H,4H2,1-3H3,(H,7,8,9). The Balaban J connectivity index is 3.61. The Morgan fingerprint density at radius 1 is 1.45 bits per heavy atom. The molecule has 11 heavy (non-hydrogen) atoms. The van der Waals surface area contributed by atoms with E-state index in [2.05, 4.69) is 10.3 Å². The van der Waals surface area contributed by atoms with Gasteiger partial charge in [0.25, 0.3) is 10.1 Å². The first-order chi connectivity index (χ1) is 4.71. The summed E-state index contributed by atoms with van der Waals surface area (Å²) >= 11 is 0. The van der Waals surface area contributed by atoms with Gasteiger partial charge < -0.3 is 0 Å². The van der Waals surface area contributed by atoms with Crippen LogP contribution in [0.25, 0.3) is 0 Å². The molecule has 0 aliphatic rings. The maximum absolute atomic E-state index is 10.1. The van der Waals surface area contributed by atoms with Crippen molar-refractivity contribution in [2.75, 3.05) is 5.94 Å². The lowest BCUT2D eigenvalue weighted by molar-refractivity contribution is 0.0190. The zero-order chi connectivity index (χ0) is 9.12. The molecule has 0 saturated carbocycles. The molecular formula is C5H13NO4S. The smallest absolute Gasteiger partial charge is 0.284 e. The fraction of sp³-hybridized carbons (Fsp3) is 1.00. The molecule has 0 bridgehead atoms. The highest BCUT2D eigenvalue weighted by molar-refractivity contribution is 7.85. The number of hydrogen-bond acceptors (Lipinski definition) is 4. The quantitative estimate of drug-likeness (QED) is 0.481. The van der Waals surface area contributed by atoms with Crippen LogP contribution >= 0.6 is 0 Å². The highest BCUT2D eigenvalue weighted by Crippen LogP contribution is 1.98. The predicted octanol–water partition coefficient (Wildman–Crippen LogP) is 0.151. The van der Waals surface area contributed by atoms with Crippen molar-refractivity contribution in [1.82, 2.24) is 5.48 Å². The third kappa shape index (κ3) is 9.83. The predicted molar refractivity (Wildman–Crippen MR) is 40.4 cm³/mol. The maximum Gasteiger partial charge on any atom is 0.291 e. The Morgan fingerprint density at radius 3 is 2.18 bits per heavy atom. The number of hydrogen-bond donors (Lipinski definition) is 2. The Morgan fingerprint density at radius 2 is 1.91 bits per heavy atom. The van der Waals surface area contributed by atoms with Crippen LogP contribution < -0.4 is 5.48 Å². The lowest BCUT2D eigenvalue weighted by Crippen LogP contribution is -2.37. The summed E-state index contributed by atoms with van der Waals surface area (Å²) in [6, 6.07) is 0. The topological polar surface area (TPSA) is 75.6 Å². The van der Waals surface area contributed by atoms with Crippen molar-refractivity contribution in [3.63, 3.8) is 0 Å². The molecule has 5 nitrogen and oxygen atoms in total. The van der Waals surface area contributed by atoms with Crippen LogP contribution in [0, 0.1) is 0 Å². The van der Waals surface area contributed by atoms with E-state index in [-0.39, 0.29) is 5.54 Å². The summed E-state index contributed by atoms with van der Waals surface area (Å²) in [6.07, 6.45) is 0. The molecule has 0 spiro atoms. The van der Waals surface area contributed by atoms with Gasteiger partial charge in [-0.3, -0.25) is 9.39 Å². The molecule has 0 fully saturated rings. The van der Waals surface area contributed by atoms with Gasteiger partial charge in [-0.05, 0) is 20.8 Å². The van der Waals surface area contributed by atoms with Crippen LogP contribution in [-0.4, -0.2) is 24.4 Å². The van der Waals surface area contributed by atoms with Crippen LogP contribution in [0.5, 0.6) is 0 Å².